The molecule has 0 amide bonds. The summed E-state index contributed by atoms with van der Waals surface area (Å²) < 4.78 is 38.5. The predicted octanol–water partition coefficient (Wildman–Crippen LogP) is 3.91. The molecular formula is C22H20BrFN4O4S. The van der Waals surface area contributed by atoms with E-state index in [1.54, 1.807) is 22.9 Å². The van der Waals surface area contributed by atoms with Crippen molar-refractivity contribution in [3.05, 3.63) is 93.8 Å². The van der Waals surface area contributed by atoms with Crippen molar-refractivity contribution in [3.63, 3.8) is 0 Å². The van der Waals surface area contributed by atoms with Crippen LogP contribution >= 0.6 is 15.9 Å². The number of aromatic carboxylic acids is 1. The van der Waals surface area contributed by atoms with Crippen LogP contribution in [0.1, 0.15) is 21.5 Å². The fourth-order valence-electron chi connectivity index (χ4n) is 2.95. The third kappa shape index (κ3) is 6.68. The Kier molecular flexibility index (Phi) is 7.59. The van der Waals surface area contributed by atoms with Gasteiger partial charge in [-0.1, -0.05) is 45.8 Å². The van der Waals surface area contributed by atoms with Crippen LogP contribution in [0.15, 0.2) is 71.3 Å². The van der Waals surface area contributed by atoms with Gasteiger partial charge in [0.15, 0.2) is 0 Å². The number of carboxylic acid groups (broad SMARTS) is 1. The fourth-order valence-corrected chi connectivity index (χ4v) is 3.76. The van der Waals surface area contributed by atoms with Crippen LogP contribution in [0.5, 0.6) is 0 Å². The largest absolute Gasteiger partial charge is 0.478 e. The van der Waals surface area contributed by atoms with Gasteiger partial charge in [0.1, 0.15) is 5.82 Å². The van der Waals surface area contributed by atoms with E-state index in [2.05, 4.69) is 25.8 Å². The first-order chi connectivity index (χ1) is 15.5. The number of benzene rings is 3. The predicted molar refractivity (Wildman–Crippen MR) is 127 cm³/mol. The maximum Gasteiger partial charge on any atom is 0.336 e. The van der Waals surface area contributed by atoms with E-state index in [1.165, 1.54) is 24.4 Å². The van der Waals surface area contributed by atoms with Crippen LogP contribution in [0, 0.1) is 12.7 Å². The van der Waals surface area contributed by atoms with E-state index in [-0.39, 0.29) is 17.9 Å². The van der Waals surface area contributed by atoms with Crippen molar-refractivity contribution in [2.45, 2.75) is 13.5 Å². The van der Waals surface area contributed by atoms with E-state index in [4.69, 9.17) is 5.14 Å². The minimum Gasteiger partial charge on any atom is -0.478 e. The SMILES string of the molecule is Cc1ccc(CNS(N)(=O)=O)cc1.O=C(O)c1cc(Br)cc2c1cnn2-c1ccc(F)cc1. The average molecular weight is 535 g/mol. The average Bonchev–Trinajstić information content (AvgIpc) is 3.17. The van der Waals surface area contributed by atoms with E-state index >= 15 is 0 Å². The van der Waals surface area contributed by atoms with E-state index < -0.39 is 16.2 Å². The van der Waals surface area contributed by atoms with Crippen LogP contribution in [0.3, 0.4) is 0 Å². The van der Waals surface area contributed by atoms with Crippen molar-refractivity contribution in [2.75, 3.05) is 0 Å². The quantitative estimate of drug-likeness (QED) is 0.357. The summed E-state index contributed by atoms with van der Waals surface area (Å²) in [6.45, 7) is 2.20. The Balaban J connectivity index is 0.000000205. The number of hydrogen-bond acceptors (Lipinski definition) is 4. The summed E-state index contributed by atoms with van der Waals surface area (Å²) in [5.41, 5.74) is 3.50. The molecule has 0 saturated carbocycles. The minimum atomic E-state index is -3.58. The summed E-state index contributed by atoms with van der Waals surface area (Å²) in [5.74, 6) is -1.35. The van der Waals surface area contributed by atoms with Crippen molar-refractivity contribution < 1.29 is 22.7 Å². The van der Waals surface area contributed by atoms with Gasteiger partial charge in [-0.2, -0.15) is 18.2 Å². The molecule has 1 aromatic heterocycles. The van der Waals surface area contributed by atoms with Crippen LogP contribution in [0.2, 0.25) is 0 Å². The minimum absolute atomic E-state index is 0.169. The summed E-state index contributed by atoms with van der Waals surface area (Å²) >= 11 is 3.29. The third-order valence-electron chi connectivity index (χ3n) is 4.55. The van der Waals surface area contributed by atoms with Gasteiger partial charge >= 0.3 is 5.97 Å². The van der Waals surface area contributed by atoms with E-state index in [9.17, 15) is 22.7 Å². The van der Waals surface area contributed by atoms with Crippen LogP contribution in [0.25, 0.3) is 16.6 Å². The van der Waals surface area contributed by atoms with Crippen molar-refractivity contribution in [1.29, 1.82) is 0 Å². The molecule has 8 nitrogen and oxygen atoms in total. The lowest BCUT2D eigenvalue weighted by Crippen LogP contribution is -2.30. The zero-order valence-electron chi connectivity index (χ0n) is 17.4. The molecule has 0 bridgehead atoms. The van der Waals surface area contributed by atoms with Crippen molar-refractivity contribution >= 4 is 43.0 Å². The molecule has 33 heavy (non-hydrogen) atoms. The maximum atomic E-state index is 13.0. The first-order valence-electron chi connectivity index (χ1n) is 9.53. The van der Waals surface area contributed by atoms with E-state index in [0.717, 1.165) is 11.1 Å². The standard InChI is InChI=1S/C14H8BrFN2O2.C8H12N2O2S/c15-8-5-11(14(19)20)12-7-17-18(13(12)6-8)10-3-1-9(16)2-4-10;1-7-2-4-8(5-3-7)6-10-13(9,11)12/h1-7H,(H,19,20);2-5,10H,6H2,1H3,(H2,9,11,12). The molecule has 0 radical (unpaired) electrons. The lowest BCUT2D eigenvalue weighted by atomic mass is 10.1. The molecule has 4 N–H and O–H groups in total. The Hall–Kier alpha value is -3.12. The summed E-state index contributed by atoms with van der Waals surface area (Å²) in [6, 6.07) is 16.7. The van der Waals surface area contributed by atoms with Crippen molar-refractivity contribution in [1.82, 2.24) is 14.5 Å². The molecule has 4 rings (SSSR count). The zero-order valence-corrected chi connectivity index (χ0v) is 19.8. The molecule has 0 atom stereocenters. The zero-order chi connectivity index (χ0) is 24.2. The molecular weight excluding hydrogens is 515 g/mol. The molecule has 0 aliphatic carbocycles. The molecule has 0 spiro atoms. The smallest absolute Gasteiger partial charge is 0.336 e. The van der Waals surface area contributed by atoms with Gasteiger partial charge < -0.3 is 5.11 Å². The van der Waals surface area contributed by atoms with Crippen molar-refractivity contribution in [2.24, 2.45) is 5.14 Å². The van der Waals surface area contributed by atoms with Gasteiger partial charge in [0.2, 0.25) is 0 Å². The highest BCUT2D eigenvalue weighted by Gasteiger charge is 2.14. The number of fused-ring (bicyclic) bond motifs is 1. The lowest BCUT2D eigenvalue weighted by Gasteiger charge is -2.05. The van der Waals surface area contributed by atoms with Crippen LogP contribution in [-0.2, 0) is 16.8 Å². The number of nitrogens with two attached hydrogens (primary N) is 1. The number of aromatic nitrogens is 2. The molecule has 0 fully saturated rings. The summed E-state index contributed by atoms with van der Waals surface area (Å²) in [7, 11) is -3.58. The molecule has 4 aromatic rings. The number of aryl methyl sites for hydroxylation is 1. The highest BCUT2D eigenvalue weighted by molar-refractivity contribution is 9.10. The van der Waals surface area contributed by atoms with E-state index in [0.29, 0.717) is 21.1 Å². The number of nitrogens with zero attached hydrogens (tertiary/aromatic N) is 2. The Bertz CT molecular complexity index is 1390. The number of nitrogens with one attached hydrogen (secondary N) is 1. The van der Waals surface area contributed by atoms with Crippen molar-refractivity contribution in [3.8, 4) is 5.69 Å². The Labute approximate surface area is 198 Å². The Morgan fingerprint density at radius 3 is 2.36 bits per heavy atom. The first kappa shape index (κ1) is 24.5. The molecule has 0 saturated heterocycles. The van der Waals surface area contributed by atoms with Gasteiger partial charge in [0.25, 0.3) is 10.2 Å². The number of carboxylic acids is 1. The molecule has 0 aliphatic heterocycles. The third-order valence-corrected chi connectivity index (χ3v) is 5.56. The molecule has 1 heterocycles. The van der Waals surface area contributed by atoms with Gasteiger partial charge in [-0.25, -0.2) is 19.0 Å². The van der Waals surface area contributed by atoms with Gasteiger partial charge in [0.05, 0.1) is 23.0 Å². The Morgan fingerprint density at radius 2 is 1.79 bits per heavy atom. The Morgan fingerprint density at radius 1 is 1.15 bits per heavy atom. The molecule has 0 aliphatic rings. The second-order valence-electron chi connectivity index (χ2n) is 7.08. The highest BCUT2D eigenvalue weighted by Crippen LogP contribution is 2.26. The number of hydrogen-bond donors (Lipinski definition) is 3. The summed E-state index contributed by atoms with van der Waals surface area (Å²) in [5, 5.41) is 18.7. The molecule has 172 valence electrons. The maximum absolute atomic E-state index is 13.0. The van der Waals surface area contributed by atoms with Crippen LogP contribution in [0.4, 0.5) is 4.39 Å². The number of carbonyl (C=O) groups is 1. The van der Waals surface area contributed by atoms with Gasteiger partial charge in [-0.05, 0) is 48.9 Å². The number of rotatable bonds is 5. The summed E-state index contributed by atoms with van der Waals surface area (Å²) in [4.78, 5) is 11.3. The van der Waals surface area contributed by atoms with Gasteiger partial charge in [-0.3, -0.25) is 0 Å². The molecule has 0 unspecified atom stereocenters. The van der Waals surface area contributed by atoms with E-state index in [1.807, 2.05) is 31.2 Å². The molecule has 3 aromatic carbocycles. The molecule has 11 heteroatoms. The van der Waals surface area contributed by atoms with Crippen LogP contribution in [-0.4, -0.2) is 29.3 Å². The van der Waals surface area contributed by atoms with Gasteiger partial charge in [0, 0.05) is 16.4 Å². The monoisotopic (exact) mass is 534 g/mol. The van der Waals surface area contributed by atoms with Gasteiger partial charge in [-0.15, -0.1) is 0 Å². The topological polar surface area (TPSA) is 127 Å². The summed E-state index contributed by atoms with van der Waals surface area (Å²) in [6.07, 6.45) is 1.49. The fraction of sp³-hybridized carbons (Fsp3) is 0.0909. The lowest BCUT2D eigenvalue weighted by molar-refractivity contribution is 0.0699. The van der Waals surface area contributed by atoms with Crippen LogP contribution < -0.4 is 9.86 Å². The second-order valence-corrected chi connectivity index (χ2v) is 9.37. The number of halogens is 2. The second kappa shape index (κ2) is 10.2. The normalized spacial score (nSPS) is 11.2. The highest BCUT2D eigenvalue weighted by atomic mass is 79.9. The first-order valence-corrected chi connectivity index (χ1v) is 11.9.